The molecular formula is C22H23ClN4O2. The molecule has 0 radical (unpaired) electrons. The monoisotopic (exact) mass is 410 g/mol. The predicted octanol–water partition coefficient (Wildman–Crippen LogP) is 3.68. The van der Waals surface area contributed by atoms with Crippen LogP contribution in [0.25, 0.3) is 11.3 Å². The van der Waals surface area contributed by atoms with E-state index in [0.29, 0.717) is 11.4 Å². The number of carbonyl (C=O) groups is 1. The minimum atomic E-state index is 0.0332. The van der Waals surface area contributed by atoms with E-state index < -0.39 is 0 Å². The zero-order chi connectivity index (χ0) is 20.2. The van der Waals surface area contributed by atoms with Crippen molar-refractivity contribution in [1.82, 2.24) is 15.5 Å². The molecule has 7 heteroatoms. The summed E-state index contributed by atoms with van der Waals surface area (Å²) in [6.45, 7) is 1.61. The van der Waals surface area contributed by atoms with Gasteiger partial charge in [0.05, 0.1) is 19.2 Å². The van der Waals surface area contributed by atoms with E-state index in [1.807, 2.05) is 54.6 Å². The Kier molecular flexibility index (Phi) is 5.71. The summed E-state index contributed by atoms with van der Waals surface area (Å²) in [5.74, 6) is 1.71. The summed E-state index contributed by atoms with van der Waals surface area (Å²) in [5.41, 5.74) is 2.96. The first kappa shape index (κ1) is 19.3. The van der Waals surface area contributed by atoms with Crippen LogP contribution in [0.4, 0.5) is 5.82 Å². The third-order valence-electron chi connectivity index (χ3n) is 5.12. The van der Waals surface area contributed by atoms with E-state index >= 15 is 0 Å². The van der Waals surface area contributed by atoms with Crippen molar-refractivity contribution in [3.05, 3.63) is 65.2 Å². The fourth-order valence-corrected chi connectivity index (χ4v) is 3.67. The predicted molar refractivity (Wildman–Crippen MR) is 114 cm³/mol. The molecule has 1 fully saturated rings. The highest BCUT2D eigenvalue weighted by molar-refractivity contribution is 6.30. The van der Waals surface area contributed by atoms with Crippen LogP contribution in [-0.2, 0) is 11.2 Å². The Morgan fingerprint density at radius 3 is 2.72 bits per heavy atom. The molecule has 1 aromatic heterocycles. The van der Waals surface area contributed by atoms with Crippen LogP contribution in [0.15, 0.2) is 54.6 Å². The van der Waals surface area contributed by atoms with Crippen molar-refractivity contribution in [1.29, 1.82) is 0 Å². The highest BCUT2D eigenvalue weighted by Gasteiger charge is 2.25. The van der Waals surface area contributed by atoms with E-state index in [1.54, 1.807) is 7.11 Å². The largest absolute Gasteiger partial charge is 0.497 e. The van der Waals surface area contributed by atoms with Crippen molar-refractivity contribution >= 4 is 23.3 Å². The molecule has 1 atom stereocenters. The lowest BCUT2D eigenvalue weighted by molar-refractivity contribution is -0.121. The molecule has 3 aromatic rings. The van der Waals surface area contributed by atoms with Gasteiger partial charge in [0.1, 0.15) is 5.75 Å². The summed E-state index contributed by atoms with van der Waals surface area (Å²) in [6.07, 6.45) is 1.26. The SMILES string of the molecule is COc1ccc(CC(=O)N[C@H]2CCN(c3cc(-c4ccc(Cl)cc4)[nH]n3)C2)cc1. The van der Waals surface area contributed by atoms with E-state index in [2.05, 4.69) is 20.4 Å². The zero-order valence-corrected chi connectivity index (χ0v) is 16.9. The van der Waals surface area contributed by atoms with Gasteiger partial charge in [-0.15, -0.1) is 0 Å². The zero-order valence-electron chi connectivity index (χ0n) is 16.2. The molecule has 0 aliphatic carbocycles. The fourth-order valence-electron chi connectivity index (χ4n) is 3.54. The van der Waals surface area contributed by atoms with Crippen LogP contribution in [0, 0.1) is 0 Å². The van der Waals surface area contributed by atoms with Crippen LogP contribution in [0.1, 0.15) is 12.0 Å². The molecule has 2 aromatic carbocycles. The number of ether oxygens (including phenoxy) is 1. The van der Waals surface area contributed by atoms with Gasteiger partial charge in [-0.25, -0.2) is 0 Å². The lowest BCUT2D eigenvalue weighted by Crippen LogP contribution is -2.38. The number of amides is 1. The van der Waals surface area contributed by atoms with E-state index in [-0.39, 0.29) is 11.9 Å². The van der Waals surface area contributed by atoms with Crippen LogP contribution < -0.4 is 15.0 Å². The molecule has 4 rings (SSSR count). The van der Waals surface area contributed by atoms with Gasteiger partial charge in [-0.1, -0.05) is 35.9 Å². The van der Waals surface area contributed by atoms with Gasteiger partial charge < -0.3 is 15.0 Å². The molecule has 1 amide bonds. The maximum absolute atomic E-state index is 12.4. The van der Waals surface area contributed by atoms with E-state index in [9.17, 15) is 4.79 Å². The third kappa shape index (κ3) is 4.71. The minimum absolute atomic E-state index is 0.0332. The number of hydrogen-bond donors (Lipinski definition) is 2. The van der Waals surface area contributed by atoms with Crippen LogP contribution in [-0.4, -0.2) is 42.3 Å². The molecule has 1 aliphatic heterocycles. The minimum Gasteiger partial charge on any atom is -0.497 e. The molecule has 0 spiro atoms. The van der Waals surface area contributed by atoms with Crippen LogP contribution in [0.2, 0.25) is 5.02 Å². The average Bonchev–Trinajstić information content (AvgIpc) is 3.39. The van der Waals surface area contributed by atoms with Crippen molar-refractivity contribution in [3.8, 4) is 17.0 Å². The summed E-state index contributed by atoms with van der Waals surface area (Å²) in [7, 11) is 1.63. The number of nitrogens with zero attached hydrogens (tertiary/aromatic N) is 2. The van der Waals surface area contributed by atoms with Gasteiger partial charge in [0.2, 0.25) is 5.91 Å². The van der Waals surface area contributed by atoms with Crippen molar-refractivity contribution < 1.29 is 9.53 Å². The summed E-state index contributed by atoms with van der Waals surface area (Å²) < 4.78 is 5.15. The van der Waals surface area contributed by atoms with Gasteiger partial charge in [0, 0.05) is 30.2 Å². The number of aromatic amines is 1. The normalized spacial score (nSPS) is 16.1. The number of hydrogen-bond acceptors (Lipinski definition) is 4. The molecule has 0 bridgehead atoms. The second kappa shape index (κ2) is 8.57. The number of rotatable bonds is 6. The molecule has 150 valence electrons. The highest BCUT2D eigenvalue weighted by atomic mass is 35.5. The average molecular weight is 411 g/mol. The smallest absolute Gasteiger partial charge is 0.224 e. The second-order valence-corrected chi connectivity index (χ2v) is 7.61. The molecule has 1 aliphatic rings. The van der Waals surface area contributed by atoms with Gasteiger partial charge in [-0.3, -0.25) is 9.89 Å². The molecule has 6 nitrogen and oxygen atoms in total. The number of methoxy groups -OCH3 is 1. The summed E-state index contributed by atoms with van der Waals surface area (Å²) in [4.78, 5) is 14.6. The first-order chi connectivity index (χ1) is 14.1. The number of nitrogens with one attached hydrogen (secondary N) is 2. The van der Waals surface area contributed by atoms with Crippen LogP contribution in [0.3, 0.4) is 0 Å². The fraction of sp³-hybridized carbons (Fsp3) is 0.273. The second-order valence-electron chi connectivity index (χ2n) is 7.17. The number of halogens is 1. The van der Waals surface area contributed by atoms with E-state index in [1.165, 1.54) is 0 Å². The van der Waals surface area contributed by atoms with Gasteiger partial charge in [-0.05, 0) is 41.8 Å². The molecule has 1 saturated heterocycles. The standard InChI is InChI=1S/C22H23ClN4O2/c1-29-19-8-2-15(3-9-19)12-22(28)24-18-10-11-27(14-18)21-13-20(25-26-21)16-4-6-17(23)7-5-16/h2-9,13,18H,10-12,14H2,1H3,(H,24,28)(H,25,26)/t18-/m0/s1. The molecular weight excluding hydrogens is 388 g/mol. The molecule has 0 unspecified atom stereocenters. The molecule has 2 N–H and O–H groups in total. The number of benzene rings is 2. The Hall–Kier alpha value is -2.99. The Morgan fingerprint density at radius 1 is 1.24 bits per heavy atom. The van der Waals surface area contributed by atoms with Gasteiger partial charge in [-0.2, -0.15) is 5.10 Å². The van der Waals surface area contributed by atoms with Crippen molar-refractivity contribution in [2.24, 2.45) is 0 Å². The Morgan fingerprint density at radius 2 is 2.00 bits per heavy atom. The van der Waals surface area contributed by atoms with E-state index in [0.717, 1.165) is 47.9 Å². The maximum Gasteiger partial charge on any atom is 0.224 e. The first-order valence-electron chi connectivity index (χ1n) is 9.59. The maximum atomic E-state index is 12.4. The third-order valence-corrected chi connectivity index (χ3v) is 5.37. The van der Waals surface area contributed by atoms with E-state index in [4.69, 9.17) is 16.3 Å². The van der Waals surface area contributed by atoms with Crippen molar-refractivity contribution in [3.63, 3.8) is 0 Å². The van der Waals surface area contributed by atoms with Crippen LogP contribution in [0.5, 0.6) is 5.75 Å². The molecule has 29 heavy (non-hydrogen) atoms. The number of aromatic nitrogens is 2. The Labute approximate surface area is 174 Å². The van der Waals surface area contributed by atoms with Gasteiger partial charge in [0.15, 0.2) is 5.82 Å². The van der Waals surface area contributed by atoms with Gasteiger partial charge in [0.25, 0.3) is 0 Å². The number of anilines is 1. The quantitative estimate of drug-likeness (QED) is 0.650. The summed E-state index contributed by atoms with van der Waals surface area (Å²) in [6, 6.07) is 17.4. The summed E-state index contributed by atoms with van der Waals surface area (Å²) >= 11 is 5.96. The topological polar surface area (TPSA) is 70.2 Å². The lowest BCUT2D eigenvalue weighted by Gasteiger charge is -2.16. The molecule has 0 saturated carbocycles. The Bertz CT molecular complexity index is 969. The summed E-state index contributed by atoms with van der Waals surface area (Å²) in [5, 5.41) is 11.4. The van der Waals surface area contributed by atoms with Crippen molar-refractivity contribution in [2.75, 3.05) is 25.1 Å². The number of H-pyrrole nitrogens is 1. The van der Waals surface area contributed by atoms with Crippen molar-refractivity contribution in [2.45, 2.75) is 18.9 Å². The molecule has 2 heterocycles. The van der Waals surface area contributed by atoms with Crippen LogP contribution >= 0.6 is 11.6 Å². The first-order valence-corrected chi connectivity index (χ1v) is 9.97. The highest BCUT2D eigenvalue weighted by Crippen LogP contribution is 2.25. The lowest BCUT2D eigenvalue weighted by atomic mass is 10.1. The Balaban J connectivity index is 1.32. The van der Waals surface area contributed by atoms with Gasteiger partial charge >= 0.3 is 0 Å². The number of carbonyl (C=O) groups excluding carboxylic acids is 1.